The lowest BCUT2D eigenvalue weighted by Gasteiger charge is -2.17. The van der Waals surface area contributed by atoms with Crippen LogP contribution in [0.15, 0.2) is 10.5 Å². The van der Waals surface area contributed by atoms with E-state index < -0.39 is 5.82 Å². The van der Waals surface area contributed by atoms with E-state index in [2.05, 4.69) is 15.9 Å². The van der Waals surface area contributed by atoms with E-state index >= 15 is 0 Å². The fourth-order valence-electron chi connectivity index (χ4n) is 1.64. The molecule has 3 N–H and O–H groups in total. The molecule has 0 aliphatic heterocycles. The molecule has 0 amide bonds. The third kappa shape index (κ3) is 2.47. The summed E-state index contributed by atoms with van der Waals surface area (Å²) in [6, 6.07) is 1.06. The summed E-state index contributed by atoms with van der Waals surface area (Å²) < 4.78 is 19.2. The average Bonchev–Trinajstić information content (AvgIpc) is 2.17. The first kappa shape index (κ1) is 13.3. The van der Waals surface area contributed by atoms with Gasteiger partial charge >= 0.3 is 0 Å². The van der Waals surface area contributed by atoms with Crippen LogP contribution >= 0.6 is 15.9 Å². The van der Waals surface area contributed by atoms with Crippen molar-refractivity contribution in [3.8, 4) is 11.5 Å². The van der Waals surface area contributed by atoms with Crippen LogP contribution in [0.25, 0.3) is 0 Å². The molecule has 1 aromatic rings. The van der Waals surface area contributed by atoms with Gasteiger partial charge in [-0.25, -0.2) is 4.39 Å². The van der Waals surface area contributed by atoms with E-state index in [9.17, 15) is 9.50 Å². The number of methoxy groups -OCH3 is 1. The van der Waals surface area contributed by atoms with Crippen LogP contribution in [0.1, 0.15) is 24.8 Å². The fourth-order valence-corrected chi connectivity index (χ4v) is 2.59. The van der Waals surface area contributed by atoms with Crippen LogP contribution in [0.4, 0.5) is 4.39 Å². The molecule has 90 valence electrons. The zero-order valence-corrected chi connectivity index (χ0v) is 10.8. The second-order valence-electron chi connectivity index (χ2n) is 3.62. The van der Waals surface area contributed by atoms with Crippen molar-refractivity contribution in [3.05, 3.63) is 21.9 Å². The van der Waals surface area contributed by atoms with Crippen LogP contribution in [0.2, 0.25) is 0 Å². The van der Waals surface area contributed by atoms with Crippen LogP contribution in [-0.2, 0) is 0 Å². The Bertz CT molecular complexity index is 385. The summed E-state index contributed by atoms with van der Waals surface area (Å²) in [7, 11) is 1.43. The van der Waals surface area contributed by atoms with Crippen molar-refractivity contribution in [1.82, 2.24) is 0 Å². The minimum Gasteiger partial charge on any atom is -0.504 e. The molecule has 3 nitrogen and oxygen atoms in total. The van der Waals surface area contributed by atoms with Crippen molar-refractivity contribution in [1.29, 1.82) is 0 Å². The normalized spacial score (nSPS) is 12.6. The topological polar surface area (TPSA) is 55.5 Å². The van der Waals surface area contributed by atoms with Gasteiger partial charge in [0.2, 0.25) is 0 Å². The van der Waals surface area contributed by atoms with Crippen molar-refractivity contribution < 1.29 is 14.2 Å². The third-order valence-electron chi connectivity index (χ3n) is 2.49. The number of nitrogens with two attached hydrogens (primary N) is 1. The lowest BCUT2D eigenvalue weighted by atomic mass is 9.97. The number of halogens is 2. The molecule has 0 saturated carbocycles. The van der Waals surface area contributed by atoms with Gasteiger partial charge in [0.15, 0.2) is 11.5 Å². The molecule has 0 saturated heterocycles. The first-order valence-electron chi connectivity index (χ1n) is 4.97. The van der Waals surface area contributed by atoms with Crippen molar-refractivity contribution >= 4 is 15.9 Å². The molecule has 1 unspecified atom stereocenters. The Hall–Kier alpha value is -0.810. The smallest absolute Gasteiger partial charge is 0.175 e. The number of phenolic OH excluding ortho intramolecular Hbond substituents is 1. The highest BCUT2D eigenvalue weighted by molar-refractivity contribution is 9.10. The Labute approximate surface area is 103 Å². The summed E-state index contributed by atoms with van der Waals surface area (Å²) in [4.78, 5) is 0. The Balaban J connectivity index is 3.27. The Kier molecular flexibility index (Phi) is 4.56. The molecule has 1 rings (SSSR count). The van der Waals surface area contributed by atoms with E-state index in [-0.39, 0.29) is 17.4 Å². The van der Waals surface area contributed by atoms with Crippen molar-refractivity contribution in [2.24, 2.45) is 5.73 Å². The van der Waals surface area contributed by atoms with Crippen LogP contribution < -0.4 is 10.5 Å². The van der Waals surface area contributed by atoms with E-state index in [1.807, 2.05) is 6.92 Å². The number of benzene rings is 1. The number of rotatable bonds is 4. The highest BCUT2D eigenvalue weighted by Gasteiger charge is 2.20. The van der Waals surface area contributed by atoms with Crippen LogP contribution in [-0.4, -0.2) is 18.8 Å². The Morgan fingerprint density at radius 3 is 2.75 bits per heavy atom. The number of phenols is 1. The molecular weight excluding hydrogens is 277 g/mol. The van der Waals surface area contributed by atoms with Crippen molar-refractivity contribution in [2.75, 3.05) is 13.7 Å². The van der Waals surface area contributed by atoms with Crippen LogP contribution in [0.3, 0.4) is 0 Å². The maximum atomic E-state index is 13.7. The van der Waals surface area contributed by atoms with Crippen LogP contribution in [0.5, 0.6) is 11.5 Å². The minimum absolute atomic E-state index is 0.0334. The quantitative estimate of drug-likeness (QED) is 0.897. The van der Waals surface area contributed by atoms with Crippen molar-refractivity contribution in [2.45, 2.75) is 19.3 Å². The largest absolute Gasteiger partial charge is 0.504 e. The van der Waals surface area contributed by atoms with Crippen LogP contribution in [0, 0.1) is 5.82 Å². The molecule has 0 spiro atoms. The summed E-state index contributed by atoms with van der Waals surface area (Å²) in [6.07, 6.45) is 0.670. The van der Waals surface area contributed by atoms with E-state index in [0.29, 0.717) is 23.0 Å². The average molecular weight is 292 g/mol. The van der Waals surface area contributed by atoms with Gasteiger partial charge in [0.1, 0.15) is 5.82 Å². The van der Waals surface area contributed by atoms with E-state index in [1.54, 1.807) is 0 Å². The first-order valence-corrected chi connectivity index (χ1v) is 5.77. The van der Waals surface area contributed by atoms with E-state index in [1.165, 1.54) is 7.11 Å². The summed E-state index contributed by atoms with van der Waals surface area (Å²) in [5, 5.41) is 9.49. The van der Waals surface area contributed by atoms with Gasteiger partial charge in [0.05, 0.1) is 11.6 Å². The molecule has 1 aromatic carbocycles. The SMILES string of the molecule is COc1c(O)cc(F)c(C(C)CCN)c1Br. The third-order valence-corrected chi connectivity index (χ3v) is 3.27. The molecule has 0 radical (unpaired) electrons. The molecule has 0 aliphatic rings. The van der Waals surface area contributed by atoms with E-state index in [4.69, 9.17) is 10.5 Å². The zero-order valence-electron chi connectivity index (χ0n) is 9.26. The Morgan fingerprint density at radius 1 is 1.62 bits per heavy atom. The standard InChI is InChI=1S/C11H15BrFNO2/c1-6(3-4-14)9-7(13)5-8(15)11(16-2)10(9)12/h5-6,15H,3-4,14H2,1-2H3. The highest BCUT2D eigenvalue weighted by Crippen LogP contribution is 2.42. The maximum absolute atomic E-state index is 13.7. The fraction of sp³-hybridized carbons (Fsp3) is 0.455. The number of hydrogen-bond donors (Lipinski definition) is 2. The lowest BCUT2D eigenvalue weighted by Crippen LogP contribution is -2.07. The number of ether oxygens (including phenoxy) is 1. The molecule has 0 bridgehead atoms. The monoisotopic (exact) mass is 291 g/mol. The maximum Gasteiger partial charge on any atom is 0.175 e. The Morgan fingerprint density at radius 2 is 2.25 bits per heavy atom. The second kappa shape index (κ2) is 5.50. The molecule has 0 fully saturated rings. The number of hydrogen-bond acceptors (Lipinski definition) is 3. The van der Waals surface area contributed by atoms with E-state index in [0.717, 1.165) is 6.07 Å². The first-order chi connectivity index (χ1) is 7.52. The zero-order chi connectivity index (χ0) is 12.3. The highest BCUT2D eigenvalue weighted by atomic mass is 79.9. The molecule has 0 aliphatic carbocycles. The minimum atomic E-state index is -0.453. The van der Waals surface area contributed by atoms with Gasteiger partial charge in [0.25, 0.3) is 0 Å². The van der Waals surface area contributed by atoms with Gasteiger partial charge in [-0.3, -0.25) is 0 Å². The summed E-state index contributed by atoms with van der Waals surface area (Å²) in [6.45, 7) is 2.36. The summed E-state index contributed by atoms with van der Waals surface area (Å²) >= 11 is 3.25. The molecular formula is C11H15BrFNO2. The molecule has 0 aromatic heterocycles. The van der Waals surface area contributed by atoms with Gasteiger partial charge in [-0.05, 0) is 34.8 Å². The molecule has 5 heteroatoms. The molecule has 0 heterocycles. The summed E-state index contributed by atoms with van der Waals surface area (Å²) in [5.74, 6) is -0.448. The van der Waals surface area contributed by atoms with Gasteiger partial charge in [-0.1, -0.05) is 6.92 Å². The molecule has 16 heavy (non-hydrogen) atoms. The predicted octanol–water partition coefficient (Wildman–Crippen LogP) is 2.75. The van der Waals surface area contributed by atoms with Crippen molar-refractivity contribution in [3.63, 3.8) is 0 Å². The van der Waals surface area contributed by atoms with Gasteiger partial charge in [0, 0.05) is 11.6 Å². The lowest BCUT2D eigenvalue weighted by molar-refractivity contribution is 0.366. The summed E-state index contributed by atoms with van der Waals surface area (Å²) in [5.41, 5.74) is 5.94. The van der Waals surface area contributed by atoms with Gasteiger partial charge in [-0.15, -0.1) is 0 Å². The van der Waals surface area contributed by atoms with Gasteiger partial charge < -0.3 is 15.6 Å². The number of aromatic hydroxyl groups is 1. The van der Waals surface area contributed by atoms with Gasteiger partial charge in [-0.2, -0.15) is 0 Å². The molecule has 1 atom stereocenters. The predicted molar refractivity (Wildman–Crippen MR) is 64.4 cm³/mol. The second-order valence-corrected chi connectivity index (χ2v) is 4.41.